The number of rotatable bonds is 10. The Labute approximate surface area is 200 Å². The summed E-state index contributed by atoms with van der Waals surface area (Å²) < 4.78 is 44.2. The van der Waals surface area contributed by atoms with Crippen molar-refractivity contribution < 1.29 is 27.4 Å². The SMILES string of the molecule is COc1ccc(S(=O)(=O)N(CC(=O)N[C@@H](C)c2ccccc2OC)c2ccccc2OC)cc1. The highest BCUT2D eigenvalue weighted by Gasteiger charge is 2.30. The van der Waals surface area contributed by atoms with Crippen LogP contribution in [0.5, 0.6) is 17.2 Å². The van der Waals surface area contributed by atoms with Crippen molar-refractivity contribution in [1.29, 1.82) is 0 Å². The van der Waals surface area contributed by atoms with Crippen LogP contribution >= 0.6 is 0 Å². The first-order chi connectivity index (χ1) is 16.3. The molecule has 0 unspecified atom stereocenters. The summed E-state index contributed by atoms with van der Waals surface area (Å²) in [6.07, 6.45) is 0. The van der Waals surface area contributed by atoms with Crippen LogP contribution in [0.1, 0.15) is 18.5 Å². The predicted molar refractivity (Wildman–Crippen MR) is 130 cm³/mol. The fraction of sp³-hybridized carbons (Fsp3) is 0.240. The first-order valence-electron chi connectivity index (χ1n) is 10.5. The molecule has 0 aliphatic carbocycles. The van der Waals surface area contributed by atoms with Crippen LogP contribution in [0.15, 0.2) is 77.7 Å². The zero-order valence-electron chi connectivity index (χ0n) is 19.5. The third-order valence-electron chi connectivity index (χ3n) is 5.27. The number of nitrogens with one attached hydrogen (secondary N) is 1. The molecular weight excluding hydrogens is 456 g/mol. The molecule has 3 aromatic carbocycles. The summed E-state index contributed by atoms with van der Waals surface area (Å²) in [4.78, 5) is 13.1. The standard InChI is InChI=1S/C25H28N2O6S/c1-18(21-9-5-7-11-23(21)32-3)26-25(28)17-27(22-10-6-8-12-24(22)33-4)34(29,30)20-15-13-19(31-2)14-16-20/h5-16,18H,17H2,1-4H3,(H,26,28)/t18-/m0/s1. The lowest BCUT2D eigenvalue weighted by Crippen LogP contribution is -2.41. The molecule has 3 rings (SSSR count). The van der Waals surface area contributed by atoms with Gasteiger partial charge >= 0.3 is 0 Å². The van der Waals surface area contributed by atoms with Gasteiger partial charge in [0.1, 0.15) is 23.8 Å². The van der Waals surface area contributed by atoms with Gasteiger partial charge in [0, 0.05) is 5.56 Å². The quantitative estimate of drug-likeness (QED) is 0.471. The molecule has 0 spiro atoms. The van der Waals surface area contributed by atoms with Gasteiger partial charge in [-0.05, 0) is 49.4 Å². The second kappa shape index (κ2) is 10.9. The Kier molecular flexibility index (Phi) is 8.01. The highest BCUT2D eigenvalue weighted by atomic mass is 32.2. The predicted octanol–water partition coefficient (Wildman–Crippen LogP) is 3.79. The molecule has 8 nitrogen and oxygen atoms in total. The lowest BCUT2D eigenvalue weighted by atomic mass is 10.1. The lowest BCUT2D eigenvalue weighted by Gasteiger charge is -2.26. The smallest absolute Gasteiger partial charge is 0.264 e. The number of hydrogen-bond donors (Lipinski definition) is 1. The Balaban J connectivity index is 1.95. The average Bonchev–Trinajstić information content (AvgIpc) is 2.87. The molecule has 0 aliphatic rings. The van der Waals surface area contributed by atoms with E-state index >= 15 is 0 Å². The molecule has 3 aromatic rings. The van der Waals surface area contributed by atoms with E-state index in [-0.39, 0.29) is 10.6 Å². The van der Waals surface area contributed by atoms with Gasteiger partial charge in [0.15, 0.2) is 0 Å². The monoisotopic (exact) mass is 484 g/mol. The number of carbonyl (C=O) groups is 1. The molecule has 0 saturated carbocycles. The Morgan fingerprint density at radius 1 is 0.853 bits per heavy atom. The summed E-state index contributed by atoms with van der Waals surface area (Å²) in [6, 6.07) is 19.5. The van der Waals surface area contributed by atoms with Gasteiger partial charge in [-0.2, -0.15) is 0 Å². The number of carbonyl (C=O) groups excluding carboxylic acids is 1. The van der Waals surface area contributed by atoms with Crippen molar-refractivity contribution in [2.24, 2.45) is 0 Å². The topological polar surface area (TPSA) is 94.2 Å². The number of methoxy groups -OCH3 is 3. The zero-order chi connectivity index (χ0) is 24.7. The van der Waals surface area contributed by atoms with E-state index in [2.05, 4.69) is 5.32 Å². The van der Waals surface area contributed by atoms with Gasteiger partial charge in [0.05, 0.1) is 38.0 Å². The van der Waals surface area contributed by atoms with Crippen LogP contribution in [-0.2, 0) is 14.8 Å². The second-order valence-electron chi connectivity index (χ2n) is 7.39. The number of nitrogens with zero attached hydrogens (tertiary/aromatic N) is 1. The van der Waals surface area contributed by atoms with Crippen molar-refractivity contribution in [3.63, 3.8) is 0 Å². The largest absolute Gasteiger partial charge is 0.497 e. The van der Waals surface area contributed by atoms with E-state index in [9.17, 15) is 13.2 Å². The van der Waals surface area contributed by atoms with Crippen molar-refractivity contribution >= 4 is 21.6 Å². The number of anilines is 1. The molecule has 0 radical (unpaired) electrons. The molecule has 0 bridgehead atoms. The van der Waals surface area contributed by atoms with Crippen LogP contribution in [0.3, 0.4) is 0 Å². The number of benzene rings is 3. The minimum absolute atomic E-state index is 0.0183. The van der Waals surface area contributed by atoms with E-state index in [0.717, 1.165) is 9.87 Å². The van der Waals surface area contributed by atoms with Crippen LogP contribution in [0.2, 0.25) is 0 Å². The van der Waals surface area contributed by atoms with Gasteiger partial charge < -0.3 is 19.5 Å². The molecule has 1 amide bonds. The maximum atomic E-state index is 13.6. The van der Waals surface area contributed by atoms with Crippen LogP contribution in [0.25, 0.3) is 0 Å². The van der Waals surface area contributed by atoms with Gasteiger partial charge in [-0.15, -0.1) is 0 Å². The summed E-state index contributed by atoms with van der Waals surface area (Å²) in [5.41, 5.74) is 1.03. The van der Waals surface area contributed by atoms with Gasteiger partial charge in [0.2, 0.25) is 5.91 Å². The van der Waals surface area contributed by atoms with E-state index in [1.54, 1.807) is 56.5 Å². The third-order valence-corrected chi connectivity index (χ3v) is 7.05. The fourth-order valence-electron chi connectivity index (χ4n) is 3.53. The van der Waals surface area contributed by atoms with Crippen LogP contribution in [-0.4, -0.2) is 42.2 Å². The van der Waals surface area contributed by atoms with Crippen molar-refractivity contribution in [1.82, 2.24) is 5.32 Å². The Hall–Kier alpha value is -3.72. The van der Waals surface area contributed by atoms with Gasteiger partial charge in [0.25, 0.3) is 10.0 Å². The normalized spacial score (nSPS) is 11.9. The Bertz CT molecular complexity index is 1230. The number of ether oxygens (including phenoxy) is 3. The third kappa shape index (κ3) is 5.43. The maximum Gasteiger partial charge on any atom is 0.264 e. The molecule has 180 valence electrons. The van der Waals surface area contributed by atoms with Gasteiger partial charge in [-0.25, -0.2) is 8.42 Å². The Morgan fingerprint density at radius 3 is 2.06 bits per heavy atom. The van der Waals surface area contributed by atoms with E-state index in [1.807, 2.05) is 18.2 Å². The lowest BCUT2D eigenvalue weighted by molar-refractivity contribution is -0.120. The number of hydrogen-bond acceptors (Lipinski definition) is 6. The highest BCUT2D eigenvalue weighted by molar-refractivity contribution is 7.92. The zero-order valence-corrected chi connectivity index (χ0v) is 20.3. The van der Waals surface area contributed by atoms with E-state index in [0.29, 0.717) is 17.2 Å². The molecule has 34 heavy (non-hydrogen) atoms. The molecule has 0 saturated heterocycles. The molecule has 1 atom stereocenters. The molecule has 0 heterocycles. The molecule has 0 aliphatic heterocycles. The van der Waals surface area contributed by atoms with Crippen molar-refractivity contribution in [3.8, 4) is 17.2 Å². The molecule has 0 aromatic heterocycles. The van der Waals surface area contributed by atoms with Crippen molar-refractivity contribution in [2.75, 3.05) is 32.2 Å². The summed E-state index contributed by atoms with van der Waals surface area (Å²) >= 11 is 0. The number of amides is 1. The summed E-state index contributed by atoms with van der Waals surface area (Å²) in [6.45, 7) is 1.36. The number of sulfonamides is 1. The van der Waals surface area contributed by atoms with Crippen LogP contribution in [0.4, 0.5) is 5.69 Å². The fourth-order valence-corrected chi connectivity index (χ4v) is 4.96. The van der Waals surface area contributed by atoms with E-state index in [1.165, 1.54) is 26.4 Å². The maximum absolute atomic E-state index is 13.6. The first-order valence-corrected chi connectivity index (χ1v) is 12.0. The van der Waals surface area contributed by atoms with Crippen molar-refractivity contribution in [3.05, 3.63) is 78.4 Å². The Morgan fingerprint density at radius 2 is 1.44 bits per heavy atom. The molecule has 9 heteroatoms. The van der Waals surface area contributed by atoms with Gasteiger partial charge in [-0.3, -0.25) is 9.10 Å². The van der Waals surface area contributed by atoms with Crippen molar-refractivity contribution in [2.45, 2.75) is 17.9 Å². The second-order valence-corrected chi connectivity index (χ2v) is 9.25. The van der Waals surface area contributed by atoms with E-state index < -0.39 is 28.5 Å². The first kappa shape index (κ1) is 24.9. The summed E-state index contributed by atoms with van der Waals surface area (Å²) in [7, 11) is 0.389. The highest BCUT2D eigenvalue weighted by Crippen LogP contribution is 2.33. The molecule has 1 N–H and O–H groups in total. The molecule has 0 fully saturated rings. The van der Waals surface area contributed by atoms with Crippen LogP contribution in [0, 0.1) is 0 Å². The van der Waals surface area contributed by atoms with Gasteiger partial charge in [-0.1, -0.05) is 30.3 Å². The minimum Gasteiger partial charge on any atom is -0.497 e. The minimum atomic E-state index is -4.11. The van der Waals surface area contributed by atoms with Crippen LogP contribution < -0.4 is 23.8 Å². The average molecular weight is 485 g/mol. The summed E-state index contributed by atoms with van der Waals surface area (Å²) in [5.74, 6) is 0.987. The summed E-state index contributed by atoms with van der Waals surface area (Å²) in [5, 5.41) is 2.86. The molecular formula is C25H28N2O6S. The van der Waals surface area contributed by atoms with E-state index in [4.69, 9.17) is 14.2 Å². The number of para-hydroxylation sites is 3.